The molecule has 0 atom stereocenters. The molecule has 7 heteroatoms. The second kappa shape index (κ2) is 9.58. The Kier molecular flexibility index (Phi) is 6.65. The Balaban J connectivity index is 1.42. The third kappa shape index (κ3) is 4.82. The number of anilines is 1. The van der Waals surface area contributed by atoms with Crippen molar-refractivity contribution in [1.82, 2.24) is 25.1 Å². The van der Waals surface area contributed by atoms with Gasteiger partial charge in [0.1, 0.15) is 12.1 Å². The zero-order valence-corrected chi connectivity index (χ0v) is 18.4. The molecule has 1 saturated carbocycles. The summed E-state index contributed by atoms with van der Waals surface area (Å²) in [5.74, 6) is 1.92. The topological polar surface area (TPSA) is 75.9 Å². The summed E-state index contributed by atoms with van der Waals surface area (Å²) in [4.78, 5) is 23.7. The van der Waals surface area contributed by atoms with Gasteiger partial charge in [-0.2, -0.15) is 5.10 Å². The number of rotatable bonds is 6. The Hall–Kier alpha value is -2.44. The van der Waals surface area contributed by atoms with E-state index in [9.17, 15) is 4.79 Å². The van der Waals surface area contributed by atoms with Crippen molar-refractivity contribution >= 4 is 11.7 Å². The van der Waals surface area contributed by atoms with Crippen LogP contribution in [0.2, 0.25) is 0 Å². The van der Waals surface area contributed by atoms with E-state index in [0.717, 1.165) is 54.5 Å². The largest absolute Gasteiger partial charge is 0.356 e. The van der Waals surface area contributed by atoms with Gasteiger partial charge in [0.15, 0.2) is 5.82 Å². The Morgan fingerprint density at radius 3 is 2.47 bits per heavy atom. The zero-order valence-electron chi connectivity index (χ0n) is 18.4. The molecule has 0 bridgehead atoms. The molecule has 0 radical (unpaired) electrons. The van der Waals surface area contributed by atoms with Crippen LogP contribution in [0.1, 0.15) is 74.7 Å². The highest BCUT2D eigenvalue weighted by Gasteiger charge is 2.19. The van der Waals surface area contributed by atoms with Gasteiger partial charge in [0.2, 0.25) is 5.91 Å². The van der Waals surface area contributed by atoms with Gasteiger partial charge in [-0.05, 0) is 51.5 Å². The summed E-state index contributed by atoms with van der Waals surface area (Å²) < 4.78 is 1.90. The van der Waals surface area contributed by atoms with Gasteiger partial charge in [-0.15, -0.1) is 0 Å². The average Bonchev–Trinajstić information content (AvgIpc) is 3.29. The lowest BCUT2D eigenvalue weighted by molar-refractivity contribution is -0.121. The van der Waals surface area contributed by atoms with E-state index >= 15 is 0 Å². The van der Waals surface area contributed by atoms with Crippen molar-refractivity contribution in [2.45, 2.75) is 84.1 Å². The Morgan fingerprint density at radius 1 is 1.03 bits per heavy atom. The van der Waals surface area contributed by atoms with Crippen LogP contribution in [-0.4, -0.2) is 44.8 Å². The molecule has 1 aliphatic heterocycles. The lowest BCUT2D eigenvalue weighted by atomic mass is 10.1. The van der Waals surface area contributed by atoms with Crippen molar-refractivity contribution in [3.8, 4) is 5.82 Å². The van der Waals surface area contributed by atoms with E-state index in [4.69, 9.17) is 5.10 Å². The van der Waals surface area contributed by atoms with Gasteiger partial charge < -0.3 is 10.2 Å². The highest BCUT2D eigenvalue weighted by Crippen LogP contribution is 2.23. The molecule has 2 fully saturated rings. The number of aromatic nitrogens is 4. The quantitative estimate of drug-likeness (QED) is 0.736. The Morgan fingerprint density at radius 2 is 1.73 bits per heavy atom. The van der Waals surface area contributed by atoms with Crippen molar-refractivity contribution in [2.24, 2.45) is 0 Å². The molecule has 162 valence electrons. The minimum Gasteiger partial charge on any atom is -0.356 e. The second-order valence-corrected chi connectivity index (χ2v) is 8.75. The predicted octanol–water partition coefficient (Wildman–Crippen LogP) is 3.65. The maximum Gasteiger partial charge on any atom is 0.220 e. The maximum atomic E-state index is 12.5. The third-order valence-corrected chi connectivity index (χ3v) is 6.55. The van der Waals surface area contributed by atoms with Gasteiger partial charge >= 0.3 is 0 Å². The SMILES string of the molecule is Cc1nn(-c2cc(N3CCCC3)ncn2)c(C)c1CCC(=O)NC1CCCCCC1. The first-order valence-corrected chi connectivity index (χ1v) is 11.5. The number of hydrogen-bond acceptors (Lipinski definition) is 5. The van der Waals surface area contributed by atoms with Crippen molar-refractivity contribution in [3.63, 3.8) is 0 Å². The van der Waals surface area contributed by atoms with E-state index in [0.29, 0.717) is 18.9 Å². The Labute approximate surface area is 179 Å². The molecule has 7 nitrogen and oxygen atoms in total. The third-order valence-electron chi connectivity index (χ3n) is 6.55. The Bertz CT molecular complexity index is 863. The molecule has 2 aromatic heterocycles. The van der Waals surface area contributed by atoms with E-state index in [1.165, 1.54) is 38.5 Å². The number of carbonyl (C=O) groups excluding carboxylic acids is 1. The first-order valence-electron chi connectivity index (χ1n) is 11.5. The van der Waals surface area contributed by atoms with Crippen molar-refractivity contribution in [2.75, 3.05) is 18.0 Å². The number of carbonyl (C=O) groups is 1. The molecule has 2 aliphatic rings. The van der Waals surface area contributed by atoms with Crippen LogP contribution in [0, 0.1) is 13.8 Å². The fourth-order valence-electron chi connectivity index (χ4n) is 4.79. The molecular formula is C23H34N6O. The van der Waals surface area contributed by atoms with Crippen molar-refractivity contribution in [1.29, 1.82) is 0 Å². The summed E-state index contributed by atoms with van der Waals surface area (Å²) in [6.45, 7) is 6.19. The summed E-state index contributed by atoms with van der Waals surface area (Å²) in [6, 6.07) is 2.38. The van der Waals surface area contributed by atoms with Crippen LogP contribution in [0.4, 0.5) is 5.82 Å². The van der Waals surface area contributed by atoms with Crippen LogP contribution in [0.3, 0.4) is 0 Å². The summed E-state index contributed by atoms with van der Waals surface area (Å²) in [5, 5.41) is 7.98. The van der Waals surface area contributed by atoms with E-state index in [-0.39, 0.29) is 5.91 Å². The lowest BCUT2D eigenvalue weighted by Crippen LogP contribution is -2.34. The summed E-state index contributed by atoms with van der Waals surface area (Å²) >= 11 is 0. The zero-order chi connectivity index (χ0) is 20.9. The molecule has 0 spiro atoms. The maximum absolute atomic E-state index is 12.5. The van der Waals surface area contributed by atoms with Crippen LogP contribution in [0.5, 0.6) is 0 Å². The standard InChI is InChI=1S/C23H34N6O/c1-17-20(11-12-23(30)26-19-9-5-3-4-6-10-19)18(2)29(27-17)22-15-21(24-16-25-22)28-13-7-8-14-28/h15-16,19H,3-14H2,1-2H3,(H,26,30). The number of nitrogens with zero attached hydrogens (tertiary/aromatic N) is 5. The average molecular weight is 411 g/mol. The van der Waals surface area contributed by atoms with E-state index < -0.39 is 0 Å². The minimum atomic E-state index is 0.159. The summed E-state index contributed by atoms with van der Waals surface area (Å²) in [6.07, 6.45) is 12.6. The molecule has 4 rings (SSSR count). The minimum absolute atomic E-state index is 0.159. The second-order valence-electron chi connectivity index (χ2n) is 8.75. The predicted molar refractivity (Wildman–Crippen MR) is 118 cm³/mol. The molecule has 30 heavy (non-hydrogen) atoms. The van der Waals surface area contributed by atoms with Crippen molar-refractivity contribution < 1.29 is 4.79 Å². The van der Waals surface area contributed by atoms with Gasteiger partial charge in [-0.25, -0.2) is 14.6 Å². The first-order chi connectivity index (χ1) is 14.6. The molecule has 1 N–H and O–H groups in total. The summed E-state index contributed by atoms with van der Waals surface area (Å²) in [5.41, 5.74) is 3.17. The van der Waals surface area contributed by atoms with Crippen LogP contribution >= 0.6 is 0 Å². The van der Waals surface area contributed by atoms with Crippen LogP contribution < -0.4 is 10.2 Å². The monoisotopic (exact) mass is 410 g/mol. The smallest absolute Gasteiger partial charge is 0.220 e. The molecular weight excluding hydrogens is 376 g/mol. The lowest BCUT2D eigenvalue weighted by Gasteiger charge is -2.16. The van der Waals surface area contributed by atoms with E-state index in [2.05, 4.69) is 27.1 Å². The van der Waals surface area contributed by atoms with Crippen LogP contribution in [-0.2, 0) is 11.2 Å². The van der Waals surface area contributed by atoms with E-state index in [1.54, 1.807) is 6.33 Å². The number of amides is 1. The highest BCUT2D eigenvalue weighted by atomic mass is 16.1. The van der Waals surface area contributed by atoms with Gasteiger partial charge in [0, 0.05) is 37.3 Å². The first kappa shape index (κ1) is 20.8. The number of aryl methyl sites for hydroxylation is 1. The number of nitrogens with one attached hydrogen (secondary N) is 1. The molecule has 1 aliphatic carbocycles. The normalized spacial score (nSPS) is 17.9. The molecule has 3 heterocycles. The van der Waals surface area contributed by atoms with Crippen molar-refractivity contribution in [3.05, 3.63) is 29.3 Å². The van der Waals surface area contributed by atoms with Gasteiger partial charge in [-0.1, -0.05) is 25.7 Å². The van der Waals surface area contributed by atoms with Crippen LogP contribution in [0.25, 0.3) is 5.82 Å². The van der Waals surface area contributed by atoms with Gasteiger partial charge in [0.05, 0.1) is 5.69 Å². The van der Waals surface area contributed by atoms with Crippen LogP contribution in [0.15, 0.2) is 12.4 Å². The molecule has 0 aromatic carbocycles. The van der Waals surface area contributed by atoms with E-state index in [1.807, 2.05) is 17.7 Å². The fourth-order valence-corrected chi connectivity index (χ4v) is 4.79. The molecule has 1 saturated heterocycles. The van der Waals surface area contributed by atoms with Gasteiger partial charge in [-0.3, -0.25) is 4.79 Å². The molecule has 1 amide bonds. The molecule has 0 unspecified atom stereocenters. The van der Waals surface area contributed by atoms with Gasteiger partial charge in [0.25, 0.3) is 0 Å². The molecule has 2 aromatic rings. The fraction of sp³-hybridized carbons (Fsp3) is 0.652. The summed E-state index contributed by atoms with van der Waals surface area (Å²) in [7, 11) is 0. The highest BCUT2D eigenvalue weighted by molar-refractivity contribution is 5.76. The number of hydrogen-bond donors (Lipinski definition) is 1.